The first kappa shape index (κ1) is 15.6. The number of hydrazine groups is 1. The highest BCUT2D eigenvalue weighted by Gasteiger charge is 2.37. The number of nitrogens with zero attached hydrogens (tertiary/aromatic N) is 1. The summed E-state index contributed by atoms with van der Waals surface area (Å²) < 4.78 is 76.2. The number of nitrogens with one attached hydrogen (secondary N) is 1. The van der Waals surface area contributed by atoms with Crippen LogP contribution in [-0.4, -0.2) is 4.98 Å². The summed E-state index contributed by atoms with van der Waals surface area (Å²) in [6.45, 7) is 0. The van der Waals surface area contributed by atoms with Crippen molar-refractivity contribution < 1.29 is 26.3 Å². The fourth-order valence-electron chi connectivity index (χ4n) is 1.58. The Bertz CT molecular complexity index is 614. The van der Waals surface area contributed by atoms with Gasteiger partial charge in [-0.2, -0.15) is 26.3 Å². The third-order valence-corrected chi connectivity index (χ3v) is 3.28. The van der Waals surface area contributed by atoms with Gasteiger partial charge < -0.3 is 0 Å². The molecule has 0 aliphatic rings. The molecule has 3 N–H and O–H groups in total. The Balaban J connectivity index is 2.60. The molecule has 1 aromatic carbocycles. The monoisotopic (exact) mass is 327 g/mol. The zero-order valence-corrected chi connectivity index (χ0v) is 10.8. The molecule has 114 valence electrons. The Morgan fingerprint density at radius 2 is 1.48 bits per heavy atom. The van der Waals surface area contributed by atoms with Crippen molar-refractivity contribution in [3.63, 3.8) is 0 Å². The van der Waals surface area contributed by atoms with Crippen molar-refractivity contribution in [2.75, 3.05) is 5.43 Å². The third kappa shape index (κ3) is 3.45. The molecule has 0 unspecified atom stereocenters. The summed E-state index contributed by atoms with van der Waals surface area (Å²) in [5.74, 6) is 5.08. The van der Waals surface area contributed by atoms with Gasteiger partial charge in [0.2, 0.25) is 0 Å². The van der Waals surface area contributed by atoms with E-state index >= 15 is 0 Å². The maximum Gasteiger partial charge on any atom is 0.416 e. The number of nitrogens with two attached hydrogens (primary N) is 1. The van der Waals surface area contributed by atoms with Gasteiger partial charge in [0.25, 0.3) is 0 Å². The Morgan fingerprint density at radius 1 is 0.952 bits per heavy atom. The minimum Gasteiger partial charge on any atom is -0.300 e. The van der Waals surface area contributed by atoms with E-state index in [0.717, 1.165) is 11.3 Å². The topological polar surface area (TPSA) is 50.9 Å². The lowest BCUT2D eigenvalue weighted by molar-refractivity contribution is -0.143. The smallest absolute Gasteiger partial charge is 0.300 e. The summed E-state index contributed by atoms with van der Waals surface area (Å²) in [6.07, 6.45) is -9.78. The average molecular weight is 327 g/mol. The number of hydrogen-bond donors (Lipinski definition) is 2. The van der Waals surface area contributed by atoms with Gasteiger partial charge in [-0.15, -0.1) is 11.3 Å². The molecule has 0 aliphatic heterocycles. The minimum atomic E-state index is -4.89. The standard InChI is InChI=1S/C11H7F6N3S/c12-10(13,14)6-1-5(2-7(3-6)11(15,16)17)8-4-21-9(19-8)20-18/h1-4H,18H2,(H,19,20). The van der Waals surface area contributed by atoms with E-state index in [0.29, 0.717) is 12.1 Å². The molecule has 0 fully saturated rings. The zero-order valence-electron chi connectivity index (χ0n) is 10.0. The zero-order chi connectivity index (χ0) is 15.8. The summed E-state index contributed by atoms with van der Waals surface area (Å²) in [7, 11) is 0. The number of benzene rings is 1. The van der Waals surface area contributed by atoms with Crippen LogP contribution in [0.4, 0.5) is 31.5 Å². The molecule has 0 saturated heterocycles. The van der Waals surface area contributed by atoms with Crippen LogP contribution in [-0.2, 0) is 12.4 Å². The minimum absolute atomic E-state index is 0.0236. The number of nitrogen functional groups attached to an aromatic ring is 1. The van der Waals surface area contributed by atoms with E-state index in [1.54, 1.807) is 0 Å². The molecule has 0 atom stereocenters. The second-order valence-electron chi connectivity index (χ2n) is 3.98. The first-order chi connectivity index (χ1) is 9.61. The van der Waals surface area contributed by atoms with Gasteiger partial charge in [0, 0.05) is 10.9 Å². The average Bonchev–Trinajstić information content (AvgIpc) is 2.85. The van der Waals surface area contributed by atoms with E-state index in [2.05, 4.69) is 10.4 Å². The number of halogens is 6. The molecule has 1 aromatic heterocycles. The quantitative estimate of drug-likeness (QED) is 0.495. The summed E-state index contributed by atoms with van der Waals surface area (Å²) in [4.78, 5) is 3.79. The van der Waals surface area contributed by atoms with Gasteiger partial charge in [0.05, 0.1) is 16.8 Å². The second-order valence-corrected chi connectivity index (χ2v) is 4.83. The van der Waals surface area contributed by atoms with E-state index in [9.17, 15) is 26.3 Å². The Hall–Kier alpha value is -1.81. The molecule has 2 rings (SSSR count). The van der Waals surface area contributed by atoms with Gasteiger partial charge in [0.1, 0.15) is 0 Å². The van der Waals surface area contributed by atoms with Gasteiger partial charge in [-0.3, -0.25) is 5.43 Å². The van der Waals surface area contributed by atoms with Gasteiger partial charge in [-0.05, 0) is 18.2 Å². The van der Waals surface area contributed by atoms with E-state index in [4.69, 9.17) is 5.84 Å². The first-order valence-electron chi connectivity index (χ1n) is 5.33. The van der Waals surface area contributed by atoms with Crippen molar-refractivity contribution in [1.29, 1.82) is 0 Å². The van der Waals surface area contributed by atoms with Crippen LogP contribution in [0.2, 0.25) is 0 Å². The molecule has 0 radical (unpaired) electrons. The van der Waals surface area contributed by atoms with Crippen LogP contribution in [0.5, 0.6) is 0 Å². The molecule has 0 aliphatic carbocycles. The predicted molar refractivity (Wildman–Crippen MR) is 65.4 cm³/mol. The molecule has 2 aromatic rings. The summed E-state index contributed by atoms with van der Waals surface area (Å²) >= 11 is 0.961. The SMILES string of the molecule is NNc1nc(-c2cc(C(F)(F)F)cc(C(F)(F)F)c2)cs1. The van der Waals surface area contributed by atoms with Crippen molar-refractivity contribution in [2.24, 2.45) is 5.84 Å². The number of aromatic nitrogens is 1. The van der Waals surface area contributed by atoms with Crippen molar-refractivity contribution in [1.82, 2.24) is 4.98 Å². The Kier molecular flexibility index (Phi) is 3.85. The van der Waals surface area contributed by atoms with Crippen LogP contribution in [0.15, 0.2) is 23.6 Å². The van der Waals surface area contributed by atoms with Gasteiger partial charge in [0.15, 0.2) is 5.13 Å². The lowest BCUT2D eigenvalue weighted by Gasteiger charge is -2.13. The highest BCUT2D eigenvalue weighted by molar-refractivity contribution is 7.14. The van der Waals surface area contributed by atoms with Crippen LogP contribution < -0.4 is 11.3 Å². The first-order valence-corrected chi connectivity index (χ1v) is 6.21. The highest BCUT2D eigenvalue weighted by atomic mass is 32.1. The van der Waals surface area contributed by atoms with Crippen molar-refractivity contribution in [2.45, 2.75) is 12.4 Å². The Morgan fingerprint density at radius 3 is 1.86 bits per heavy atom. The van der Waals surface area contributed by atoms with Crippen LogP contribution in [0.25, 0.3) is 11.3 Å². The molecule has 1 heterocycles. The summed E-state index contributed by atoms with van der Waals surface area (Å²) in [6, 6.07) is 1.30. The van der Waals surface area contributed by atoms with E-state index in [1.165, 1.54) is 5.38 Å². The molecular formula is C11H7F6N3S. The van der Waals surface area contributed by atoms with E-state index in [-0.39, 0.29) is 22.5 Å². The number of hydrogen-bond acceptors (Lipinski definition) is 4. The number of rotatable bonds is 2. The van der Waals surface area contributed by atoms with Gasteiger partial charge in [-0.1, -0.05) is 0 Å². The molecule has 0 saturated carbocycles. The lowest BCUT2D eigenvalue weighted by Crippen LogP contribution is -2.11. The molecule has 0 spiro atoms. The third-order valence-electron chi connectivity index (χ3n) is 2.51. The van der Waals surface area contributed by atoms with Crippen LogP contribution >= 0.6 is 11.3 Å². The number of thiazole rings is 1. The fourth-order valence-corrected chi connectivity index (χ4v) is 2.21. The number of alkyl halides is 6. The molecule has 21 heavy (non-hydrogen) atoms. The normalized spacial score (nSPS) is 12.5. The lowest BCUT2D eigenvalue weighted by atomic mass is 10.0. The second kappa shape index (κ2) is 5.19. The Labute approximate surface area is 118 Å². The molecular weight excluding hydrogens is 320 g/mol. The van der Waals surface area contributed by atoms with E-state index in [1.807, 2.05) is 0 Å². The molecule has 10 heteroatoms. The number of anilines is 1. The summed E-state index contributed by atoms with van der Waals surface area (Å²) in [5.41, 5.74) is -0.909. The van der Waals surface area contributed by atoms with Crippen LogP contribution in [0.1, 0.15) is 11.1 Å². The predicted octanol–water partition coefficient (Wildman–Crippen LogP) is 4.13. The maximum absolute atomic E-state index is 12.7. The summed E-state index contributed by atoms with van der Waals surface area (Å²) in [5, 5.41) is 1.49. The molecule has 3 nitrogen and oxygen atoms in total. The molecule has 0 bridgehead atoms. The van der Waals surface area contributed by atoms with Gasteiger partial charge >= 0.3 is 12.4 Å². The van der Waals surface area contributed by atoms with Crippen molar-refractivity contribution >= 4 is 16.5 Å². The van der Waals surface area contributed by atoms with Crippen LogP contribution in [0.3, 0.4) is 0 Å². The van der Waals surface area contributed by atoms with E-state index < -0.39 is 23.5 Å². The van der Waals surface area contributed by atoms with Crippen LogP contribution in [0, 0.1) is 0 Å². The largest absolute Gasteiger partial charge is 0.416 e. The maximum atomic E-state index is 12.7. The highest BCUT2D eigenvalue weighted by Crippen LogP contribution is 2.38. The fraction of sp³-hybridized carbons (Fsp3) is 0.182. The van der Waals surface area contributed by atoms with Crippen molar-refractivity contribution in [3.8, 4) is 11.3 Å². The molecule has 0 amide bonds. The van der Waals surface area contributed by atoms with Crippen molar-refractivity contribution in [3.05, 3.63) is 34.7 Å². The van der Waals surface area contributed by atoms with Gasteiger partial charge in [-0.25, -0.2) is 10.8 Å².